The van der Waals surface area contributed by atoms with Crippen molar-refractivity contribution in [2.75, 3.05) is 6.54 Å². The lowest BCUT2D eigenvalue weighted by Crippen LogP contribution is -2.26. The Balaban J connectivity index is 1.65. The number of aromatic amines is 1. The van der Waals surface area contributed by atoms with Gasteiger partial charge in [-0.2, -0.15) is 5.26 Å². The Kier molecular flexibility index (Phi) is 5.40. The summed E-state index contributed by atoms with van der Waals surface area (Å²) in [5, 5.41) is 22.7. The molecule has 0 saturated carbocycles. The molecule has 0 atom stereocenters. The fourth-order valence-electron chi connectivity index (χ4n) is 2.67. The van der Waals surface area contributed by atoms with Gasteiger partial charge in [0.05, 0.1) is 4.47 Å². The predicted molar refractivity (Wildman–Crippen MR) is 104 cm³/mol. The summed E-state index contributed by atoms with van der Waals surface area (Å²) < 4.78 is 0.503. The Morgan fingerprint density at radius 2 is 2.12 bits per heavy atom. The second kappa shape index (κ2) is 7.89. The van der Waals surface area contributed by atoms with Gasteiger partial charge >= 0.3 is 0 Å². The fraction of sp³-hybridized carbons (Fsp3) is 0.100. The van der Waals surface area contributed by atoms with Crippen molar-refractivity contribution in [3.05, 3.63) is 69.8 Å². The SMILES string of the molecule is N#C/C(=C\c1ccc(O)c(Br)c1)C(=O)NCCc1c[nH]c2ccccc12. The van der Waals surface area contributed by atoms with E-state index < -0.39 is 5.91 Å². The minimum atomic E-state index is -0.420. The first-order valence-electron chi connectivity index (χ1n) is 8.02. The number of aromatic hydroxyl groups is 1. The summed E-state index contributed by atoms with van der Waals surface area (Å²) in [5.41, 5.74) is 2.84. The lowest BCUT2D eigenvalue weighted by atomic mass is 10.1. The zero-order chi connectivity index (χ0) is 18.5. The lowest BCUT2D eigenvalue weighted by molar-refractivity contribution is -0.117. The molecule has 1 amide bonds. The highest BCUT2D eigenvalue weighted by Gasteiger charge is 2.10. The van der Waals surface area contributed by atoms with Gasteiger partial charge in [0, 0.05) is 23.6 Å². The lowest BCUT2D eigenvalue weighted by Gasteiger charge is -2.04. The van der Waals surface area contributed by atoms with Gasteiger partial charge in [-0.1, -0.05) is 24.3 Å². The van der Waals surface area contributed by atoms with Crippen molar-refractivity contribution in [1.82, 2.24) is 10.3 Å². The quantitative estimate of drug-likeness (QED) is 0.440. The summed E-state index contributed by atoms with van der Waals surface area (Å²) in [7, 11) is 0. The maximum atomic E-state index is 12.3. The average molecular weight is 410 g/mol. The van der Waals surface area contributed by atoms with Gasteiger partial charge in [0.15, 0.2) is 0 Å². The van der Waals surface area contributed by atoms with Gasteiger partial charge < -0.3 is 15.4 Å². The van der Waals surface area contributed by atoms with E-state index in [1.807, 2.05) is 36.5 Å². The minimum Gasteiger partial charge on any atom is -0.507 e. The monoisotopic (exact) mass is 409 g/mol. The first-order chi connectivity index (χ1) is 12.6. The highest BCUT2D eigenvalue weighted by atomic mass is 79.9. The van der Waals surface area contributed by atoms with Crippen molar-refractivity contribution < 1.29 is 9.90 Å². The summed E-state index contributed by atoms with van der Waals surface area (Å²) in [6.07, 6.45) is 4.09. The Labute approximate surface area is 159 Å². The fourth-order valence-corrected chi connectivity index (χ4v) is 3.07. The molecule has 1 heterocycles. The number of nitrogens with one attached hydrogen (secondary N) is 2. The number of aromatic nitrogens is 1. The van der Waals surface area contributed by atoms with Crippen molar-refractivity contribution in [2.45, 2.75) is 6.42 Å². The van der Waals surface area contributed by atoms with Gasteiger partial charge in [-0.3, -0.25) is 4.79 Å². The van der Waals surface area contributed by atoms with Gasteiger partial charge in [-0.15, -0.1) is 0 Å². The highest BCUT2D eigenvalue weighted by molar-refractivity contribution is 9.10. The number of rotatable bonds is 5. The van der Waals surface area contributed by atoms with Crippen LogP contribution >= 0.6 is 15.9 Å². The number of hydrogen-bond donors (Lipinski definition) is 3. The molecule has 0 aliphatic rings. The number of benzene rings is 2. The number of nitriles is 1. The second-order valence-corrected chi connectivity index (χ2v) is 6.60. The number of amides is 1. The molecule has 0 fully saturated rings. The summed E-state index contributed by atoms with van der Waals surface area (Å²) in [5.74, 6) is -0.319. The number of hydrogen-bond acceptors (Lipinski definition) is 3. The van der Waals surface area contributed by atoms with Crippen LogP contribution in [-0.2, 0) is 11.2 Å². The molecule has 5 nitrogen and oxygen atoms in total. The standard InChI is InChI=1S/C20H16BrN3O2/c21-17-10-13(5-6-19(17)25)9-15(11-22)20(26)23-8-7-14-12-24-18-4-2-1-3-16(14)18/h1-6,9-10,12,24-25H,7-8H2,(H,23,26)/b15-9+. The van der Waals surface area contributed by atoms with E-state index in [-0.39, 0.29) is 11.3 Å². The Hall–Kier alpha value is -3.04. The topological polar surface area (TPSA) is 88.9 Å². The normalized spacial score (nSPS) is 11.3. The number of carbonyl (C=O) groups is 1. The zero-order valence-corrected chi connectivity index (χ0v) is 15.4. The number of carbonyl (C=O) groups excluding carboxylic acids is 1. The molecule has 3 rings (SSSR count). The largest absolute Gasteiger partial charge is 0.507 e. The van der Waals surface area contributed by atoms with Crippen LogP contribution in [-0.4, -0.2) is 22.5 Å². The molecule has 0 aliphatic carbocycles. The third kappa shape index (κ3) is 3.95. The molecule has 2 aromatic carbocycles. The first-order valence-corrected chi connectivity index (χ1v) is 8.81. The summed E-state index contributed by atoms with van der Waals surface area (Å²) in [4.78, 5) is 15.5. The first kappa shape index (κ1) is 17.8. The van der Waals surface area contributed by atoms with Crippen molar-refractivity contribution in [2.24, 2.45) is 0 Å². The van der Waals surface area contributed by atoms with Crippen LogP contribution in [0.4, 0.5) is 0 Å². The number of phenols is 1. The van der Waals surface area contributed by atoms with Crippen LogP contribution in [0.3, 0.4) is 0 Å². The number of para-hydroxylation sites is 1. The molecular formula is C20H16BrN3O2. The smallest absolute Gasteiger partial charge is 0.261 e. The maximum Gasteiger partial charge on any atom is 0.261 e. The third-order valence-corrected chi connectivity index (χ3v) is 4.64. The number of halogens is 1. The van der Waals surface area contributed by atoms with E-state index in [0.717, 1.165) is 16.5 Å². The number of H-pyrrole nitrogens is 1. The van der Waals surface area contributed by atoms with Gasteiger partial charge in [-0.05, 0) is 57.8 Å². The number of nitrogens with zero attached hydrogens (tertiary/aromatic N) is 1. The van der Waals surface area contributed by atoms with Gasteiger partial charge in [0.25, 0.3) is 5.91 Å². The molecule has 130 valence electrons. The van der Waals surface area contributed by atoms with Crippen LogP contribution < -0.4 is 5.32 Å². The molecule has 0 radical (unpaired) electrons. The summed E-state index contributed by atoms with van der Waals surface area (Å²) in [6, 6.07) is 14.7. The van der Waals surface area contributed by atoms with Gasteiger partial charge in [0.2, 0.25) is 0 Å². The summed E-state index contributed by atoms with van der Waals surface area (Å²) >= 11 is 3.21. The van der Waals surface area contributed by atoms with Crippen LogP contribution in [0.15, 0.2) is 58.7 Å². The van der Waals surface area contributed by atoms with Crippen LogP contribution in [0.1, 0.15) is 11.1 Å². The van der Waals surface area contributed by atoms with Crippen LogP contribution in [0, 0.1) is 11.3 Å². The molecule has 3 N–H and O–H groups in total. The number of phenolic OH excluding ortho intramolecular Hbond substituents is 1. The average Bonchev–Trinajstić information content (AvgIpc) is 3.06. The van der Waals surface area contributed by atoms with Crippen molar-refractivity contribution in [1.29, 1.82) is 5.26 Å². The Morgan fingerprint density at radius 1 is 1.31 bits per heavy atom. The molecule has 0 bridgehead atoms. The third-order valence-electron chi connectivity index (χ3n) is 4.00. The minimum absolute atomic E-state index is 0.0153. The van der Waals surface area contributed by atoms with E-state index >= 15 is 0 Å². The van der Waals surface area contributed by atoms with Gasteiger partial charge in [-0.25, -0.2) is 0 Å². The van der Waals surface area contributed by atoms with E-state index in [4.69, 9.17) is 0 Å². The molecule has 0 unspecified atom stereocenters. The van der Waals surface area contributed by atoms with Crippen LogP contribution in [0.2, 0.25) is 0 Å². The predicted octanol–water partition coefficient (Wildman–Crippen LogP) is 3.90. The molecule has 3 aromatic rings. The molecule has 6 heteroatoms. The van der Waals surface area contributed by atoms with E-state index in [1.165, 1.54) is 12.1 Å². The molecule has 0 aliphatic heterocycles. The van der Waals surface area contributed by atoms with Crippen LogP contribution in [0.25, 0.3) is 17.0 Å². The Bertz CT molecular complexity index is 1030. The number of fused-ring (bicyclic) bond motifs is 1. The van der Waals surface area contributed by atoms with Crippen molar-refractivity contribution >= 4 is 38.8 Å². The molecule has 1 aromatic heterocycles. The van der Waals surface area contributed by atoms with E-state index in [9.17, 15) is 15.2 Å². The highest BCUT2D eigenvalue weighted by Crippen LogP contribution is 2.25. The Morgan fingerprint density at radius 3 is 2.88 bits per heavy atom. The summed E-state index contributed by atoms with van der Waals surface area (Å²) in [6.45, 7) is 0.430. The second-order valence-electron chi connectivity index (χ2n) is 5.75. The molecular weight excluding hydrogens is 394 g/mol. The van der Waals surface area contributed by atoms with E-state index in [2.05, 4.69) is 26.2 Å². The maximum absolute atomic E-state index is 12.3. The van der Waals surface area contributed by atoms with Gasteiger partial charge in [0.1, 0.15) is 17.4 Å². The van der Waals surface area contributed by atoms with Crippen molar-refractivity contribution in [3.63, 3.8) is 0 Å². The molecule has 26 heavy (non-hydrogen) atoms. The van der Waals surface area contributed by atoms with E-state index in [1.54, 1.807) is 12.1 Å². The van der Waals surface area contributed by atoms with Crippen LogP contribution in [0.5, 0.6) is 5.75 Å². The zero-order valence-electron chi connectivity index (χ0n) is 13.8. The van der Waals surface area contributed by atoms with Crippen molar-refractivity contribution in [3.8, 4) is 11.8 Å². The van der Waals surface area contributed by atoms with E-state index in [0.29, 0.717) is 23.0 Å². The molecule has 0 saturated heterocycles. The molecule has 0 spiro atoms.